The molecular weight excluding hydrogens is 400 g/mol. The first-order valence-corrected chi connectivity index (χ1v) is 11.7. The first-order chi connectivity index (χ1) is 15.6. The zero-order chi connectivity index (χ0) is 22.1. The van der Waals surface area contributed by atoms with Crippen LogP contribution in [0.25, 0.3) is 16.6 Å². The SMILES string of the molecule is CN(C[C@@H]1CCCN2CCCC[C@H]12)C(=O)c1ccccc1-n1cnc2ccccc2c1=O. The van der Waals surface area contributed by atoms with Crippen LogP contribution in [0.4, 0.5) is 0 Å². The number of hydrogen-bond donors (Lipinski definition) is 0. The third-order valence-corrected chi connectivity index (χ3v) is 7.14. The number of benzene rings is 2. The molecule has 2 saturated heterocycles. The molecule has 5 rings (SSSR count). The van der Waals surface area contributed by atoms with E-state index in [4.69, 9.17) is 0 Å². The van der Waals surface area contributed by atoms with Gasteiger partial charge < -0.3 is 9.80 Å². The quantitative estimate of drug-likeness (QED) is 0.633. The van der Waals surface area contributed by atoms with E-state index >= 15 is 0 Å². The summed E-state index contributed by atoms with van der Waals surface area (Å²) in [4.78, 5) is 35.6. The summed E-state index contributed by atoms with van der Waals surface area (Å²) >= 11 is 0. The van der Waals surface area contributed by atoms with Crippen LogP contribution in [0, 0.1) is 5.92 Å². The lowest BCUT2D eigenvalue weighted by molar-refractivity contribution is 0.0403. The van der Waals surface area contributed by atoms with Crippen LogP contribution in [0.3, 0.4) is 0 Å². The van der Waals surface area contributed by atoms with Gasteiger partial charge in [0.15, 0.2) is 0 Å². The summed E-state index contributed by atoms with van der Waals surface area (Å²) in [5.41, 5.74) is 1.61. The smallest absolute Gasteiger partial charge is 0.265 e. The summed E-state index contributed by atoms with van der Waals surface area (Å²) in [6.07, 6.45) is 7.72. The molecular formula is C26H30N4O2. The fourth-order valence-corrected chi connectivity index (χ4v) is 5.54. The molecule has 0 radical (unpaired) electrons. The lowest BCUT2D eigenvalue weighted by Crippen LogP contribution is -2.51. The number of rotatable bonds is 4. The van der Waals surface area contributed by atoms with Crippen molar-refractivity contribution >= 4 is 16.8 Å². The summed E-state index contributed by atoms with van der Waals surface area (Å²) in [6, 6.07) is 15.2. The van der Waals surface area contributed by atoms with Gasteiger partial charge in [-0.15, -0.1) is 0 Å². The lowest BCUT2D eigenvalue weighted by Gasteiger charge is -2.45. The van der Waals surface area contributed by atoms with E-state index in [1.165, 1.54) is 56.1 Å². The maximum absolute atomic E-state index is 13.5. The second kappa shape index (κ2) is 8.87. The van der Waals surface area contributed by atoms with Crippen LogP contribution >= 0.6 is 0 Å². The van der Waals surface area contributed by atoms with Gasteiger partial charge >= 0.3 is 0 Å². The normalized spacial score (nSPS) is 21.3. The zero-order valence-corrected chi connectivity index (χ0v) is 18.6. The molecule has 6 nitrogen and oxygen atoms in total. The average molecular weight is 431 g/mol. The summed E-state index contributed by atoms with van der Waals surface area (Å²) in [5.74, 6) is 0.462. The van der Waals surface area contributed by atoms with Crippen molar-refractivity contribution < 1.29 is 4.79 Å². The Balaban J connectivity index is 1.43. The van der Waals surface area contributed by atoms with Crippen LogP contribution in [0.1, 0.15) is 42.5 Å². The van der Waals surface area contributed by atoms with Crippen LogP contribution in [0.5, 0.6) is 0 Å². The molecule has 2 aliphatic rings. The molecule has 0 unspecified atom stereocenters. The summed E-state index contributed by atoms with van der Waals surface area (Å²) < 4.78 is 1.49. The largest absolute Gasteiger partial charge is 0.341 e. The molecule has 166 valence electrons. The maximum atomic E-state index is 13.5. The Bertz CT molecular complexity index is 1190. The molecule has 0 bridgehead atoms. The second-order valence-electron chi connectivity index (χ2n) is 9.14. The summed E-state index contributed by atoms with van der Waals surface area (Å²) in [5, 5.41) is 0.546. The number of fused-ring (bicyclic) bond motifs is 2. The molecule has 6 heteroatoms. The Labute approximate surface area is 188 Å². The van der Waals surface area contributed by atoms with Crippen molar-refractivity contribution in [1.82, 2.24) is 19.4 Å². The van der Waals surface area contributed by atoms with E-state index in [1.807, 2.05) is 54.4 Å². The first kappa shape index (κ1) is 20.9. The highest BCUT2D eigenvalue weighted by atomic mass is 16.2. The van der Waals surface area contributed by atoms with Gasteiger partial charge in [-0.3, -0.25) is 14.2 Å². The maximum Gasteiger partial charge on any atom is 0.265 e. The third-order valence-electron chi connectivity index (χ3n) is 7.14. The Hall–Kier alpha value is -2.99. The molecule has 0 saturated carbocycles. The Kier molecular flexibility index (Phi) is 5.79. The van der Waals surface area contributed by atoms with Gasteiger partial charge in [-0.05, 0) is 69.0 Å². The van der Waals surface area contributed by atoms with Crippen LogP contribution in [0.15, 0.2) is 59.7 Å². The third kappa shape index (κ3) is 3.84. The molecule has 0 N–H and O–H groups in total. The number of aromatic nitrogens is 2. The van der Waals surface area contributed by atoms with Gasteiger partial charge in [0.05, 0.1) is 22.2 Å². The summed E-state index contributed by atoms with van der Waals surface area (Å²) in [6.45, 7) is 3.14. The minimum atomic E-state index is -0.163. The second-order valence-corrected chi connectivity index (χ2v) is 9.14. The molecule has 32 heavy (non-hydrogen) atoms. The van der Waals surface area contributed by atoms with Crippen LogP contribution in [0.2, 0.25) is 0 Å². The Morgan fingerprint density at radius 2 is 1.81 bits per heavy atom. The highest BCUT2D eigenvalue weighted by Crippen LogP contribution is 2.31. The number of amides is 1. The summed E-state index contributed by atoms with van der Waals surface area (Å²) in [7, 11) is 1.89. The predicted octanol–water partition coefficient (Wildman–Crippen LogP) is 3.72. The predicted molar refractivity (Wildman–Crippen MR) is 126 cm³/mol. The molecule has 2 fully saturated rings. The van der Waals surface area contributed by atoms with Crippen molar-refractivity contribution in [3.63, 3.8) is 0 Å². The molecule has 0 spiro atoms. The van der Waals surface area contributed by atoms with Gasteiger partial charge in [0, 0.05) is 19.6 Å². The van der Waals surface area contributed by atoms with Crippen molar-refractivity contribution in [2.24, 2.45) is 5.92 Å². The van der Waals surface area contributed by atoms with Gasteiger partial charge in [-0.1, -0.05) is 30.7 Å². The van der Waals surface area contributed by atoms with E-state index in [2.05, 4.69) is 9.88 Å². The monoisotopic (exact) mass is 430 g/mol. The molecule has 3 aromatic rings. The topological polar surface area (TPSA) is 58.4 Å². The van der Waals surface area contributed by atoms with Crippen molar-refractivity contribution in [2.45, 2.75) is 38.1 Å². The number of carbonyl (C=O) groups is 1. The van der Waals surface area contributed by atoms with E-state index in [9.17, 15) is 9.59 Å². The van der Waals surface area contributed by atoms with E-state index in [1.54, 1.807) is 6.07 Å². The van der Waals surface area contributed by atoms with E-state index in [0.717, 1.165) is 6.54 Å². The van der Waals surface area contributed by atoms with Gasteiger partial charge in [0.25, 0.3) is 11.5 Å². The minimum Gasteiger partial charge on any atom is -0.341 e. The molecule has 3 heterocycles. The molecule has 0 aliphatic carbocycles. The molecule has 1 aromatic heterocycles. The Morgan fingerprint density at radius 3 is 2.72 bits per heavy atom. The fraction of sp³-hybridized carbons (Fsp3) is 0.423. The van der Waals surface area contributed by atoms with Crippen molar-refractivity contribution in [2.75, 3.05) is 26.7 Å². The molecule has 2 aromatic carbocycles. The van der Waals surface area contributed by atoms with Crippen molar-refractivity contribution in [3.8, 4) is 5.69 Å². The van der Waals surface area contributed by atoms with E-state index in [-0.39, 0.29) is 11.5 Å². The number of nitrogens with zero attached hydrogens (tertiary/aromatic N) is 4. The van der Waals surface area contributed by atoms with E-state index < -0.39 is 0 Å². The minimum absolute atomic E-state index is 0.0476. The first-order valence-electron chi connectivity index (χ1n) is 11.7. The molecule has 2 atom stereocenters. The standard InChI is InChI=1S/C26H30N4O2/c1-28(17-19-9-8-16-29-15-7-6-13-23(19)29)25(31)21-11-3-5-14-24(21)30-18-27-22-12-4-2-10-20(22)26(30)32/h2-5,10-12,14,18-19,23H,6-9,13,15-17H2,1H3/t19-,23+/m0/s1. The van der Waals surface area contributed by atoms with Gasteiger partial charge in [0.2, 0.25) is 0 Å². The number of carbonyl (C=O) groups excluding carboxylic acids is 1. The van der Waals surface area contributed by atoms with Crippen LogP contribution in [-0.4, -0.2) is 58.0 Å². The number of piperidine rings is 2. The molecule has 2 aliphatic heterocycles. The van der Waals surface area contributed by atoms with Crippen molar-refractivity contribution in [3.05, 3.63) is 70.8 Å². The van der Waals surface area contributed by atoms with Crippen LogP contribution < -0.4 is 5.56 Å². The van der Waals surface area contributed by atoms with Crippen molar-refractivity contribution in [1.29, 1.82) is 0 Å². The fourth-order valence-electron chi connectivity index (χ4n) is 5.54. The lowest BCUT2D eigenvalue weighted by atomic mass is 9.83. The highest BCUT2D eigenvalue weighted by molar-refractivity contribution is 5.97. The highest BCUT2D eigenvalue weighted by Gasteiger charge is 2.34. The van der Waals surface area contributed by atoms with Gasteiger partial charge in [0.1, 0.15) is 6.33 Å². The van der Waals surface area contributed by atoms with Gasteiger partial charge in [-0.2, -0.15) is 0 Å². The zero-order valence-electron chi connectivity index (χ0n) is 18.6. The molecule has 1 amide bonds. The number of para-hydroxylation sites is 2. The average Bonchev–Trinajstić information content (AvgIpc) is 2.84. The van der Waals surface area contributed by atoms with Crippen LogP contribution in [-0.2, 0) is 0 Å². The van der Waals surface area contributed by atoms with E-state index in [0.29, 0.717) is 34.1 Å². The van der Waals surface area contributed by atoms with Gasteiger partial charge in [-0.25, -0.2) is 4.98 Å². The number of hydrogen-bond acceptors (Lipinski definition) is 4. The Morgan fingerprint density at radius 1 is 1.03 bits per heavy atom.